The van der Waals surface area contributed by atoms with Crippen molar-refractivity contribution in [2.45, 2.75) is 19.3 Å². The highest BCUT2D eigenvalue weighted by molar-refractivity contribution is 7.22. The van der Waals surface area contributed by atoms with Crippen molar-refractivity contribution in [2.75, 3.05) is 11.9 Å². The number of halogens is 6. The van der Waals surface area contributed by atoms with Crippen LogP contribution < -0.4 is 5.32 Å². The summed E-state index contributed by atoms with van der Waals surface area (Å²) in [6, 6.07) is 0.748. The molecule has 110 valence electrons. The fourth-order valence-corrected chi connectivity index (χ4v) is 2.68. The van der Waals surface area contributed by atoms with E-state index in [0.29, 0.717) is 23.9 Å². The molecule has 0 radical (unpaired) electrons. The molecule has 0 spiro atoms. The second kappa shape index (κ2) is 4.80. The Kier molecular flexibility index (Phi) is 3.57. The van der Waals surface area contributed by atoms with Crippen LogP contribution in [0.5, 0.6) is 0 Å². The summed E-state index contributed by atoms with van der Waals surface area (Å²) in [6.07, 6.45) is -9.72. The predicted molar refractivity (Wildman–Crippen MR) is 63.8 cm³/mol. The van der Waals surface area contributed by atoms with E-state index in [1.165, 1.54) is 0 Å². The number of rotatable bonds is 2. The van der Waals surface area contributed by atoms with E-state index in [2.05, 4.69) is 10.3 Å². The summed E-state index contributed by atoms with van der Waals surface area (Å²) in [7, 11) is 0. The van der Waals surface area contributed by atoms with Gasteiger partial charge in [0, 0.05) is 6.54 Å². The van der Waals surface area contributed by atoms with Gasteiger partial charge in [0.1, 0.15) is 0 Å². The summed E-state index contributed by atoms with van der Waals surface area (Å²) in [6.45, 7) is 2.12. The largest absolute Gasteiger partial charge is 0.417 e. The maximum Gasteiger partial charge on any atom is 0.417 e. The average Bonchev–Trinajstić information content (AvgIpc) is 2.67. The molecule has 0 atom stereocenters. The number of anilines is 1. The molecular weight excluding hydrogens is 306 g/mol. The van der Waals surface area contributed by atoms with Crippen molar-refractivity contribution in [3.63, 3.8) is 0 Å². The first-order chi connectivity index (χ1) is 9.13. The number of thiazole rings is 1. The quantitative estimate of drug-likeness (QED) is 0.808. The molecule has 1 heterocycles. The molecule has 2 nitrogen and oxygen atoms in total. The molecule has 1 aromatic heterocycles. The van der Waals surface area contributed by atoms with Gasteiger partial charge in [0.05, 0.1) is 21.3 Å². The lowest BCUT2D eigenvalue weighted by Gasteiger charge is -2.11. The zero-order chi connectivity index (χ0) is 15.1. The van der Waals surface area contributed by atoms with Gasteiger partial charge >= 0.3 is 12.4 Å². The Morgan fingerprint density at radius 1 is 1.10 bits per heavy atom. The van der Waals surface area contributed by atoms with Crippen LogP contribution in [0.1, 0.15) is 18.1 Å². The minimum atomic E-state index is -4.87. The number of hydrogen-bond acceptors (Lipinski definition) is 3. The first-order valence-corrected chi connectivity index (χ1v) is 6.27. The maximum absolute atomic E-state index is 12.9. The van der Waals surface area contributed by atoms with Crippen molar-refractivity contribution >= 4 is 26.7 Å². The van der Waals surface area contributed by atoms with E-state index in [0.717, 1.165) is 0 Å². The monoisotopic (exact) mass is 314 g/mol. The van der Waals surface area contributed by atoms with Gasteiger partial charge < -0.3 is 5.32 Å². The van der Waals surface area contributed by atoms with Crippen molar-refractivity contribution in [1.82, 2.24) is 4.98 Å². The summed E-state index contributed by atoms with van der Waals surface area (Å²) in [5, 5.41) is 2.85. The standard InChI is InChI=1S/C11H8F6N2S/c1-2-18-9-19-7-4-5(10(12,13)14)3-6(8(7)20-9)11(15,16)17/h3-4H,2H2,1H3,(H,18,19). The lowest BCUT2D eigenvalue weighted by Crippen LogP contribution is -2.10. The Labute approximate surface area is 113 Å². The van der Waals surface area contributed by atoms with Gasteiger partial charge in [-0.1, -0.05) is 11.3 Å². The van der Waals surface area contributed by atoms with Gasteiger partial charge in [-0.05, 0) is 19.1 Å². The van der Waals surface area contributed by atoms with Crippen LogP contribution in [-0.4, -0.2) is 11.5 Å². The van der Waals surface area contributed by atoms with Gasteiger partial charge in [0.25, 0.3) is 0 Å². The van der Waals surface area contributed by atoms with E-state index in [1.807, 2.05) is 0 Å². The molecule has 0 aliphatic heterocycles. The fourth-order valence-electron chi connectivity index (χ4n) is 1.63. The molecule has 0 unspecified atom stereocenters. The molecule has 1 N–H and O–H groups in total. The minimum Gasteiger partial charge on any atom is -0.362 e. The number of alkyl halides is 6. The Bertz CT molecular complexity index is 628. The van der Waals surface area contributed by atoms with Crippen molar-refractivity contribution in [3.05, 3.63) is 23.3 Å². The third-order valence-corrected chi connectivity index (χ3v) is 3.51. The molecule has 0 saturated carbocycles. The number of benzene rings is 1. The number of nitrogens with zero attached hydrogens (tertiary/aromatic N) is 1. The predicted octanol–water partition coefficient (Wildman–Crippen LogP) is 4.77. The van der Waals surface area contributed by atoms with Crippen molar-refractivity contribution in [2.24, 2.45) is 0 Å². The maximum atomic E-state index is 12.9. The normalized spacial score (nSPS) is 12.9. The third-order valence-electron chi connectivity index (χ3n) is 2.45. The van der Waals surface area contributed by atoms with E-state index in [9.17, 15) is 26.3 Å². The van der Waals surface area contributed by atoms with Crippen LogP contribution in [0.4, 0.5) is 31.5 Å². The van der Waals surface area contributed by atoms with Gasteiger partial charge in [-0.15, -0.1) is 0 Å². The van der Waals surface area contributed by atoms with Crippen LogP contribution in [0.25, 0.3) is 10.2 Å². The zero-order valence-corrected chi connectivity index (χ0v) is 10.8. The van der Waals surface area contributed by atoms with Crippen molar-refractivity contribution in [3.8, 4) is 0 Å². The molecule has 0 aliphatic carbocycles. The van der Waals surface area contributed by atoms with Crippen LogP contribution in [0.15, 0.2) is 12.1 Å². The van der Waals surface area contributed by atoms with Crippen LogP contribution in [-0.2, 0) is 12.4 Å². The molecule has 20 heavy (non-hydrogen) atoms. The SMILES string of the molecule is CCNc1nc2cc(C(F)(F)F)cc(C(F)(F)F)c2s1. The smallest absolute Gasteiger partial charge is 0.362 e. The van der Waals surface area contributed by atoms with E-state index in [1.54, 1.807) is 6.92 Å². The van der Waals surface area contributed by atoms with E-state index < -0.39 is 23.5 Å². The van der Waals surface area contributed by atoms with Gasteiger partial charge in [-0.2, -0.15) is 26.3 Å². The second-order valence-corrected chi connectivity index (χ2v) is 4.92. The summed E-state index contributed by atoms with van der Waals surface area (Å²) in [5.74, 6) is 0. The first-order valence-electron chi connectivity index (χ1n) is 5.45. The highest BCUT2D eigenvalue weighted by Crippen LogP contribution is 2.42. The Balaban J connectivity index is 2.72. The van der Waals surface area contributed by atoms with Crippen LogP contribution in [0.2, 0.25) is 0 Å². The number of hydrogen-bond donors (Lipinski definition) is 1. The molecule has 9 heteroatoms. The zero-order valence-electron chi connectivity index (χ0n) is 9.99. The second-order valence-electron chi connectivity index (χ2n) is 3.92. The van der Waals surface area contributed by atoms with Gasteiger partial charge in [0.15, 0.2) is 5.13 Å². The Morgan fingerprint density at radius 2 is 1.75 bits per heavy atom. The molecule has 2 aromatic rings. The Morgan fingerprint density at radius 3 is 2.25 bits per heavy atom. The third kappa shape index (κ3) is 2.82. The molecule has 1 aromatic carbocycles. The van der Waals surface area contributed by atoms with Crippen LogP contribution >= 0.6 is 11.3 Å². The lowest BCUT2D eigenvalue weighted by molar-refractivity contribution is -0.142. The summed E-state index contributed by atoms with van der Waals surface area (Å²) < 4.78 is 76.2. The highest BCUT2D eigenvalue weighted by Gasteiger charge is 2.39. The highest BCUT2D eigenvalue weighted by atomic mass is 32.1. The minimum absolute atomic E-state index is 0.121. The molecule has 0 amide bonds. The summed E-state index contributed by atoms with van der Waals surface area (Å²) in [4.78, 5) is 3.76. The molecule has 2 rings (SSSR count). The lowest BCUT2D eigenvalue weighted by atomic mass is 10.1. The number of aromatic nitrogens is 1. The van der Waals surface area contributed by atoms with Gasteiger partial charge in [-0.3, -0.25) is 0 Å². The fraction of sp³-hybridized carbons (Fsp3) is 0.364. The first kappa shape index (κ1) is 14.9. The summed E-state index contributed by atoms with van der Waals surface area (Å²) >= 11 is 0.685. The molecule has 0 aliphatic rings. The van der Waals surface area contributed by atoms with E-state index in [4.69, 9.17) is 0 Å². The molecule has 0 bridgehead atoms. The van der Waals surface area contributed by atoms with Crippen molar-refractivity contribution < 1.29 is 26.3 Å². The van der Waals surface area contributed by atoms with E-state index >= 15 is 0 Å². The number of fused-ring (bicyclic) bond motifs is 1. The molecule has 0 fully saturated rings. The van der Waals surface area contributed by atoms with E-state index in [-0.39, 0.29) is 21.4 Å². The van der Waals surface area contributed by atoms with Gasteiger partial charge in [-0.25, -0.2) is 4.98 Å². The van der Waals surface area contributed by atoms with Crippen molar-refractivity contribution in [1.29, 1.82) is 0 Å². The van der Waals surface area contributed by atoms with Gasteiger partial charge in [0.2, 0.25) is 0 Å². The number of nitrogens with one attached hydrogen (secondary N) is 1. The van der Waals surface area contributed by atoms with Crippen LogP contribution in [0, 0.1) is 0 Å². The summed E-state index contributed by atoms with van der Waals surface area (Å²) in [5.41, 5.74) is -2.98. The van der Waals surface area contributed by atoms with Crippen LogP contribution in [0.3, 0.4) is 0 Å². The molecule has 0 saturated heterocycles. The topological polar surface area (TPSA) is 24.9 Å². The average molecular weight is 314 g/mol. The molecular formula is C11H8F6N2S. The Hall–Kier alpha value is -1.51.